The molecule has 0 saturated carbocycles. The zero-order valence-corrected chi connectivity index (χ0v) is 34.7. The molecule has 0 aliphatic rings. The normalized spacial score (nSPS) is 12.2. The van der Waals surface area contributed by atoms with E-state index in [4.69, 9.17) is 4.55 Å². The van der Waals surface area contributed by atoms with Crippen LogP contribution in [0.4, 0.5) is 0 Å². The summed E-state index contributed by atoms with van der Waals surface area (Å²) in [6.07, 6.45) is 36.6. The Kier molecular flexibility index (Phi) is 41.8. The quantitative estimate of drug-likeness (QED) is 0.0178. The molecule has 284 valence electrons. The fourth-order valence-electron chi connectivity index (χ4n) is 4.91. The van der Waals surface area contributed by atoms with E-state index in [1.165, 1.54) is 141 Å². The number of hydrogen-bond donors (Lipinski definition) is 2. The van der Waals surface area contributed by atoms with E-state index in [-0.39, 0.29) is 56.7 Å². The molecule has 0 atom stereocenters. The zero-order valence-electron chi connectivity index (χ0n) is 30.9. The van der Waals surface area contributed by atoms with Crippen LogP contribution in [-0.4, -0.2) is 100 Å². The molecular formula is C36H68CaN2O8S2. The van der Waals surface area contributed by atoms with Crippen molar-refractivity contribution in [2.45, 2.75) is 168 Å². The maximum Gasteiger partial charge on any atom is 2.00 e. The van der Waals surface area contributed by atoms with E-state index in [1.807, 2.05) is 6.08 Å². The van der Waals surface area contributed by atoms with Crippen molar-refractivity contribution in [3.63, 3.8) is 0 Å². The molecule has 0 aliphatic carbocycles. The fraction of sp³-hybridized carbons (Fsp3) is 0.833. The summed E-state index contributed by atoms with van der Waals surface area (Å²) in [5.41, 5.74) is 0. The minimum atomic E-state index is -4.29. The smallest absolute Gasteiger partial charge is 0.859 e. The number of carbonyl (C=O) groups is 1. The van der Waals surface area contributed by atoms with Gasteiger partial charge in [-0.05, 0) is 37.7 Å². The van der Waals surface area contributed by atoms with Gasteiger partial charge in [0.1, 0.15) is 0 Å². The van der Waals surface area contributed by atoms with Gasteiger partial charge in [-0.2, -0.15) is 8.42 Å². The maximum atomic E-state index is 11.4. The third-order valence-corrected chi connectivity index (χ3v) is 9.15. The van der Waals surface area contributed by atoms with Crippen LogP contribution in [0.3, 0.4) is 0 Å². The summed E-state index contributed by atoms with van der Waals surface area (Å²) in [6.45, 7) is 4.15. The Labute approximate surface area is 330 Å². The number of rotatable bonds is 32. The summed E-state index contributed by atoms with van der Waals surface area (Å²) in [4.78, 5) is 14.9. The molecule has 0 aliphatic heterocycles. The standard InChI is InChI=1S/2C18H35NO4S.Ca/c2*1-2-3-4-5-6-7-8-9-10-11-12-13-14-15-18(20)19-16-17-24(21,22)23;/h2*14-15H,2-13,16-17H2,1H3,(H,19,20)(H,21,22,23);/q;;+2/p-2/b2*15-14+;. The molecule has 0 heterocycles. The first kappa shape index (κ1) is 52.9. The van der Waals surface area contributed by atoms with Crippen LogP contribution in [0.1, 0.15) is 168 Å². The monoisotopic (exact) mass is 760 g/mol. The van der Waals surface area contributed by atoms with E-state index >= 15 is 0 Å². The third kappa shape index (κ3) is 52.0. The average Bonchev–Trinajstić information content (AvgIpc) is 3.01. The van der Waals surface area contributed by atoms with Crippen molar-refractivity contribution in [2.24, 2.45) is 4.99 Å². The Morgan fingerprint density at radius 2 is 1.00 bits per heavy atom. The van der Waals surface area contributed by atoms with Gasteiger partial charge in [-0.1, -0.05) is 160 Å². The molecule has 0 saturated heterocycles. The first-order chi connectivity index (χ1) is 22.9. The second-order valence-corrected chi connectivity index (χ2v) is 15.6. The summed E-state index contributed by atoms with van der Waals surface area (Å²) in [6, 6.07) is 0. The molecule has 2 N–H and O–H groups in total. The van der Waals surface area contributed by atoms with Gasteiger partial charge in [0.2, 0.25) is 5.91 Å². The molecule has 13 heteroatoms. The van der Waals surface area contributed by atoms with Gasteiger partial charge in [0.05, 0.1) is 28.2 Å². The average molecular weight is 761 g/mol. The van der Waals surface area contributed by atoms with Crippen molar-refractivity contribution in [3.8, 4) is 0 Å². The molecule has 0 rings (SSSR count). The Morgan fingerprint density at radius 3 is 1.37 bits per heavy atom. The van der Waals surface area contributed by atoms with Crippen LogP contribution < -0.4 is 10.4 Å². The zero-order chi connectivity index (χ0) is 36.2. The van der Waals surface area contributed by atoms with Crippen LogP contribution in [0.25, 0.3) is 0 Å². The first-order valence-corrected chi connectivity index (χ1v) is 21.8. The predicted molar refractivity (Wildman–Crippen MR) is 202 cm³/mol. The van der Waals surface area contributed by atoms with Crippen molar-refractivity contribution >= 4 is 69.8 Å². The molecule has 0 fully saturated rings. The van der Waals surface area contributed by atoms with Crippen LogP contribution in [0.5, 0.6) is 0 Å². The van der Waals surface area contributed by atoms with Crippen LogP contribution in [0.2, 0.25) is 0 Å². The molecular weight excluding hydrogens is 693 g/mol. The fourth-order valence-corrected chi connectivity index (χ4v) is 5.58. The largest absolute Gasteiger partial charge is 2.00 e. The predicted octanol–water partition coefficient (Wildman–Crippen LogP) is 7.41. The van der Waals surface area contributed by atoms with Crippen LogP contribution >= 0.6 is 0 Å². The number of carbonyl (C=O) groups excluding carboxylic acids is 1. The van der Waals surface area contributed by atoms with Crippen molar-refractivity contribution in [2.75, 3.05) is 24.6 Å². The van der Waals surface area contributed by atoms with Crippen molar-refractivity contribution in [3.05, 3.63) is 24.3 Å². The van der Waals surface area contributed by atoms with Gasteiger partial charge >= 0.3 is 37.7 Å². The second kappa shape index (κ2) is 38.7. The molecule has 0 spiro atoms. The van der Waals surface area contributed by atoms with Gasteiger partial charge in [-0.25, -0.2) is 8.42 Å². The van der Waals surface area contributed by atoms with E-state index < -0.39 is 37.6 Å². The van der Waals surface area contributed by atoms with Gasteiger partial charge in [0.15, 0.2) is 0 Å². The Balaban J connectivity index is -0.000000846. The molecule has 1 amide bonds. The summed E-state index contributed by atoms with van der Waals surface area (Å²) in [5.74, 6) is -1.86. The molecule has 0 bridgehead atoms. The number of nitrogens with one attached hydrogen (secondary N) is 1. The number of aliphatic imine (C=N–C) groups is 1. The summed E-state index contributed by atoms with van der Waals surface area (Å²) in [7, 11) is -8.30. The van der Waals surface area contributed by atoms with E-state index in [0.29, 0.717) is 0 Å². The minimum absolute atomic E-state index is 0. The van der Waals surface area contributed by atoms with Crippen molar-refractivity contribution < 1.29 is 35.8 Å². The van der Waals surface area contributed by atoms with E-state index in [2.05, 4.69) is 24.2 Å². The number of unbranched alkanes of at least 4 members (excludes halogenated alkanes) is 22. The summed E-state index contributed by atoms with van der Waals surface area (Å²) >= 11 is 0. The van der Waals surface area contributed by atoms with Gasteiger partial charge in [-0.3, -0.25) is 9.35 Å². The van der Waals surface area contributed by atoms with E-state index in [9.17, 15) is 31.3 Å². The van der Waals surface area contributed by atoms with Crippen LogP contribution in [0.15, 0.2) is 29.3 Å². The SMILES string of the molecule is CCCCCCCCCCCCC/C=C/C(=O)NCCS(=O)(=O)O.CCCCCCCCCCCCC/C=C/C([O-])=NCCS(=O)(=O)[O-].[Ca+2]. The second-order valence-electron chi connectivity index (χ2n) is 12.5. The van der Waals surface area contributed by atoms with E-state index in [1.54, 1.807) is 6.08 Å². The topological polar surface area (TPSA) is 176 Å². The molecule has 0 aromatic rings. The van der Waals surface area contributed by atoms with Gasteiger partial charge in [0, 0.05) is 6.54 Å². The molecule has 0 aromatic carbocycles. The summed E-state index contributed by atoms with van der Waals surface area (Å²) in [5, 5.41) is 13.7. The van der Waals surface area contributed by atoms with Crippen molar-refractivity contribution in [1.82, 2.24) is 5.32 Å². The Morgan fingerprint density at radius 1 is 0.633 bits per heavy atom. The van der Waals surface area contributed by atoms with Crippen LogP contribution in [0, 0.1) is 0 Å². The van der Waals surface area contributed by atoms with Gasteiger partial charge in [0.25, 0.3) is 10.1 Å². The molecule has 0 aromatic heterocycles. The Bertz CT molecular complexity index is 1050. The number of amides is 1. The molecule has 10 nitrogen and oxygen atoms in total. The Hall–Kier alpha value is -0.500. The molecule has 49 heavy (non-hydrogen) atoms. The van der Waals surface area contributed by atoms with Crippen LogP contribution in [-0.2, 0) is 25.0 Å². The molecule has 0 unspecified atom stereocenters. The first-order valence-electron chi connectivity index (χ1n) is 18.6. The van der Waals surface area contributed by atoms with E-state index in [0.717, 1.165) is 25.7 Å². The minimum Gasteiger partial charge on any atom is -0.859 e. The number of nitrogens with zero attached hydrogens (tertiary/aromatic N) is 1. The summed E-state index contributed by atoms with van der Waals surface area (Å²) < 4.78 is 60.6. The maximum absolute atomic E-state index is 11.4. The molecule has 0 radical (unpaired) electrons. The van der Waals surface area contributed by atoms with Gasteiger partial charge < -0.3 is 20.0 Å². The van der Waals surface area contributed by atoms with Gasteiger partial charge in [-0.15, -0.1) is 0 Å². The number of hydrogen-bond acceptors (Lipinski definition) is 8. The number of allylic oxidation sites excluding steroid dienone is 2. The van der Waals surface area contributed by atoms with Crippen molar-refractivity contribution in [1.29, 1.82) is 0 Å². The third-order valence-electron chi connectivity index (χ3n) is 7.75.